The zero-order chi connectivity index (χ0) is 15.1. The molecule has 0 saturated carbocycles. The molecular formula is C16H18ClN5O. The molecule has 3 aromatic rings. The molecule has 0 bridgehead atoms. The zero-order valence-corrected chi connectivity index (χ0v) is 13.6. The van der Waals surface area contributed by atoms with Gasteiger partial charge in [0.05, 0.1) is 24.1 Å². The molecule has 2 N–H and O–H groups in total. The Balaban J connectivity index is 0.00000156. The molecule has 0 saturated heterocycles. The number of carbonyl (C=O) groups excluding carboxylic acids is 1. The van der Waals surface area contributed by atoms with Crippen LogP contribution in [0.4, 0.5) is 0 Å². The van der Waals surface area contributed by atoms with Crippen LogP contribution in [0.1, 0.15) is 33.9 Å². The third-order valence-electron chi connectivity index (χ3n) is 4.24. The number of para-hydroxylation sites is 1. The first kappa shape index (κ1) is 15.6. The van der Waals surface area contributed by atoms with E-state index in [-0.39, 0.29) is 18.3 Å². The van der Waals surface area contributed by atoms with Crippen LogP contribution in [-0.4, -0.2) is 25.7 Å². The monoisotopic (exact) mass is 331 g/mol. The second-order valence-corrected chi connectivity index (χ2v) is 5.65. The highest BCUT2D eigenvalue weighted by atomic mass is 35.5. The summed E-state index contributed by atoms with van der Waals surface area (Å²) >= 11 is 0. The Bertz CT molecular complexity index is 867. The third kappa shape index (κ3) is 2.59. The molecule has 0 atom stereocenters. The summed E-state index contributed by atoms with van der Waals surface area (Å²) in [4.78, 5) is 19.7. The van der Waals surface area contributed by atoms with Gasteiger partial charge in [0.25, 0.3) is 5.91 Å². The van der Waals surface area contributed by atoms with Crippen LogP contribution in [-0.2, 0) is 19.5 Å². The molecule has 2 aromatic heterocycles. The highest BCUT2D eigenvalue weighted by molar-refractivity contribution is 6.05. The van der Waals surface area contributed by atoms with Crippen molar-refractivity contribution in [3.8, 4) is 0 Å². The van der Waals surface area contributed by atoms with E-state index < -0.39 is 0 Å². The molecule has 1 aliphatic heterocycles. The van der Waals surface area contributed by atoms with E-state index in [9.17, 15) is 4.79 Å². The quantitative estimate of drug-likeness (QED) is 0.773. The van der Waals surface area contributed by atoms with Crippen molar-refractivity contribution >= 4 is 29.2 Å². The summed E-state index contributed by atoms with van der Waals surface area (Å²) in [6.45, 7) is 3.22. The first-order valence-corrected chi connectivity index (χ1v) is 7.49. The number of hydrogen-bond donors (Lipinski definition) is 2. The number of nitrogens with one attached hydrogen (secondary N) is 2. The van der Waals surface area contributed by atoms with E-state index in [2.05, 4.69) is 26.4 Å². The SMILES string of the molecule is Cc1[nH]cnc1CNC(=O)c1nn2c3c(cccc13)CCC2.Cl. The van der Waals surface area contributed by atoms with Crippen molar-refractivity contribution in [3.05, 3.63) is 47.2 Å². The molecule has 0 fully saturated rings. The molecule has 7 heteroatoms. The maximum atomic E-state index is 12.5. The van der Waals surface area contributed by atoms with Crippen LogP contribution in [0.5, 0.6) is 0 Å². The van der Waals surface area contributed by atoms with Gasteiger partial charge in [-0.2, -0.15) is 5.10 Å². The average molecular weight is 332 g/mol. The van der Waals surface area contributed by atoms with Crippen LogP contribution in [0.2, 0.25) is 0 Å². The molecule has 1 aliphatic rings. The summed E-state index contributed by atoms with van der Waals surface area (Å²) in [5.74, 6) is -0.148. The summed E-state index contributed by atoms with van der Waals surface area (Å²) < 4.78 is 1.96. The predicted octanol–water partition coefficient (Wildman–Crippen LogP) is 2.37. The summed E-state index contributed by atoms with van der Waals surface area (Å²) in [5.41, 5.74) is 4.71. The number of amides is 1. The maximum absolute atomic E-state index is 12.5. The summed E-state index contributed by atoms with van der Waals surface area (Å²) in [7, 11) is 0. The van der Waals surface area contributed by atoms with Gasteiger partial charge in [0.15, 0.2) is 5.69 Å². The molecule has 1 aromatic carbocycles. The molecule has 120 valence electrons. The first-order chi connectivity index (χ1) is 10.7. The molecule has 0 spiro atoms. The van der Waals surface area contributed by atoms with Gasteiger partial charge in [-0.15, -0.1) is 12.4 Å². The highest BCUT2D eigenvalue weighted by Gasteiger charge is 2.21. The third-order valence-corrected chi connectivity index (χ3v) is 4.24. The van der Waals surface area contributed by atoms with Crippen LogP contribution < -0.4 is 5.32 Å². The van der Waals surface area contributed by atoms with Crippen LogP contribution in [0.25, 0.3) is 10.9 Å². The number of aryl methyl sites for hydroxylation is 3. The van der Waals surface area contributed by atoms with Crippen molar-refractivity contribution in [1.82, 2.24) is 25.1 Å². The molecule has 4 rings (SSSR count). The number of rotatable bonds is 3. The fraction of sp³-hybridized carbons (Fsp3) is 0.312. The lowest BCUT2D eigenvalue weighted by Crippen LogP contribution is -2.24. The minimum absolute atomic E-state index is 0. The fourth-order valence-electron chi connectivity index (χ4n) is 3.08. The number of H-pyrrole nitrogens is 1. The molecule has 3 heterocycles. The van der Waals surface area contributed by atoms with Crippen molar-refractivity contribution < 1.29 is 4.79 Å². The van der Waals surface area contributed by atoms with Gasteiger partial charge in [-0.1, -0.05) is 18.2 Å². The van der Waals surface area contributed by atoms with E-state index in [0.717, 1.165) is 41.7 Å². The number of nitrogens with zero attached hydrogens (tertiary/aromatic N) is 3. The summed E-state index contributed by atoms with van der Waals surface area (Å²) in [6.07, 6.45) is 3.76. The number of aromatic nitrogens is 4. The van der Waals surface area contributed by atoms with Crippen molar-refractivity contribution in [2.24, 2.45) is 0 Å². The Morgan fingerprint density at radius 1 is 1.43 bits per heavy atom. The standard InChI is InChI=1S/C16H17N5O.ClH/c1-10-13(19-9-18-10)8-17-16(22)14-12-6-2-4-11-5-3-7-21(20-14)15(11)12;/h2,4,6,9H,3,5,7-8H2,1H3,(H,17,22)(H,18,19);1H. The Hall–Kier alpha value is -2.34. The Labute approximate surface area is 139 Å². The number of imidazole rings is 1. The van der Waals surface area contributed by atoms with Gasteiger partial charge in [0.1, 0.15) is 0 Å². The van der Waals surface area contributed by atoms with Gasteiger partial charge < -0.3 is 10.3 Å². The fourth-order valence-corrected chi connectivity index (χ4v) is 3.08. The Morgan fingerprint density at radius 3 is 3.09 bits per heavy atom. The van der Waals surface area contributed by atoms with Crippen molar-refractivity contribution in [3.63, 3.8) is 0 Å². The van der Waals surface area contributed by atoms with Crippen LogP contribution >= 0.6 is 12.4 Å². The van der Waals surface area contributed by atoms with Crippen molar-refractivity contribution in [1.29, 1.82) is 0 Å². The molecule has 1 amide bonds. The van der Waals surface area contributed by atoms with Crippen LogP contribution in [0.15, 0.2) is 24.5 Å². The van der Waals surface area contributed by atoms with Gasteiger partial charge >= 0.3 is 0 Å². The molecule has 0 aliphatic carbocycles. The topological polar surface area (TPSA) is 75.6 Å². The molecule has 0 unspecified atom stereocenters. The highest BCUT2D eigenvalue weighted by Crippen LogP contribution is 2.27. The predicted molar refractivity (Wildman–Crippen MR) is 89.8 cm³/mol. The number of hydrogen-bond acceptors (Lipinski definition) is 3. The van der Waals surface area contributed by atoms with Gasteiger partial charge in [-0.25, -0.2) is 4.98 Å². The number of halogens is 1. The van der Waals surface area contributed by atoms with Crippen LogP contribution in [0, 0.1) is 6.92 Å². The number of benzene rings is 1. The summed E-state index contributed by atoms with van der Waals surface area (Å²) in [6, 6.07) is 6.10. The Kier molecular flexibility index (Phi) is 4.09. The van der Waals surface area contributed by atoms with Crippen LogP contribution in [0.3, 0.4) is 0 Å². The molecule has 6 nitrogen and oxygen atoms in total. The largest absolute Gasteiger partial charge is 0.348 e. The minimum atomic E-state index is -0.148. The Morgan fingerprint density at radius 2 is 2.30 bits per heavy atom. The first-order valence-electron chi connectivity index (χ1n) is 7.49. The number of aromatic amines is 1. The van der Waals surface area contributed by atoms with Gasteiger partial charge in [-0.3, -0.25) is 9.48 Å². The van der Waals surface area contributed by atoms with Gasteiger partial charge in [-0.05, 0) is 25.3 Å². The summed E-state index contributed by atoms with van der Waals surface area (Å²) in [5, 5.41) is 8.37. The molecule has 0 radical (unpaired) electrons. The lowest BCUT2D eigenvalue weighted by Gasteiger charge is -2.12. The minimum Gasteiger partial charge on any atom is -0.348 e. The second kappa shape index (κ2) is 6.04. The average Bonchev–Trinajstić information content (AvgIpc) is 3.11. The maximum Gasteiger partial charge on any atom is 0.272 e. The second-order valence-electron chi connectivity index (χ2n) is 5.65. The van der Waals surface area contributed by atoms with E-state index in [1.165, 1.54) is 5.56 Å². The lowest BCUT2D eigenvalue weighted by atomic mass is 10.0. The lowest BCUT2D eigenvalue weighted by molar-refractivity contribution is 0.0946. The van der Waals surface area contributed by atoms with E-state index in [0.29, 0.717) is 12.2 Å². The van der Waals surface area contributed by atoms with E-state index >= 15 is 0 Å². The van der Waals surface area contributed by atoms with E-state index in [1.54, 1.807) is 6.33 Å². The van der Waals surface area contributed by atoms with E-state index in [1.807, 2.05) is 23.7 Å². The smallest absolute Gasteiger partial charge is 0.272 e. The van der Waals surface area contributed by atoms with E-state index in [4.69, 9.17) is 0 Å². The van der Waals surface area contributed by atoms with Crippen molar-refractivity contribution in [2.45, 2.75) is 32.9 Å². The molecular weight excluding hydrogens is 314 g/mol. The normalized spacial score (nSPS) is 12.9. The zero-order valence-electron chi connectivity index (χ0n) is 12.8. The van der Waals surface area contributed by atoms with Gasteiger partial charge in [0, 0.05) is 17.6 Å². The number of carbonyl (C=O) groups is 1. The van der Waals surface area contributed by atoms with Crippen molar-refractivity contribution in [2.75, 3.05) is 0 Å². The molecule has 23 heavy (non-hydrogen) atoms. The van der Waals surface area contributed by atoms with Gasteiger partial charge in [0.2, 0.25) is 0 Å².